The number of rotatable bonds is 5. The van der Waals surface area contributed by atoms with Gasteiger partial charge in [-0.3, -0.25) is 4.79 Å². The van der Waals surface area contributed by atoms with E-state index in [1.165, 1.54) is 6.42 Å². The highest BCUT2D eigenvalue weighted by molar-refractivity contribution is 7.92. The molecule has 1 N–H and O–H groups in total. The van der Waals surface area contributed by atoms with Gasteiger partial charge in [-0.25, -0.2) is 8.42 Å². The highest BCUT2D eigenvalue weighted by Crippen LogP contribution is 2.24. The Labute approximate surface area is 139 Å². The van der Waals surface area contributed by atoms with E-state index in [0.29, 0.717) is 11.8 Å². The number of carbonyl (C=O) groups is 1. The number of amides is 1. The van der Waals surface area contributed by atoms with Crippen LogP contribution in [-0.4, -0.2) is 26.1 Å². The van der Waals surface area contributed by atoms with Crippen LogP contribution in [0.1, 0.15) is 57.9 Å². The molecule has 1 saturated carbocycles. The molecule has 0 heterocycles. The highest BCUT2D eigenvalue weighted by Gasteiger charge is 2.25. The summed E-state index contributed by atoms with van der Waals surface area (Å²) in [5, 5.41) is 2.91. The normalized spacial score (nSPS) is 22.1. The average molecular weight is 337 g/mol. The first-order valence-electron chi connectivity index (χ1n) is 8.41. The Morgan fingerprint density at radius 1 is 1.17 bits per heavy atom. The zero-order valence-corrected chi connectivity index (χ0v) is 15.0. The Hall–Kier alpha value is -1.36. The SMILES string of the molecule is CC(C)c1ccc(S(=O)(=O)CC(=O)N[C@@H]2CCCC[C@@H]2C)cc1. The lowest BCUT2D eigenvalue weighted by Crippen LogP contribution is -2.43. The van der Waals surface area contributed by atoms with Crippen LogP contribution in [0.4, 0.5) is 0 Å². The number of nitrogens with one attached hydrogen (secondary N) is 1. The third kappa shape index (κ3) is 4.80. The minimum Gasteiger partial charge on any atom is -0.352 e. The molecule has 2 atom stereocenters. The fourth-order valence-corrected chi connectivity index (χ4v) is 4.24. The Kier molecular flexibility index (Phi) is 5.84. The molecule has 1 aliphatic carbocycles. The first kappa shape index (κ1) is 18.0. The van der Waals surface area contributed by atoms with Crippen LogP contribution in [0, 0.1) is 5.92 Å². The van der Waals surface area contributed by atoms with Crippen molar-refractivity contribution in [2.45, 2.75) is 63.3 Å². The number of sulfone groups is 1. The van der Waals surface area contributed by atoms with Gasteiger partial charge in [-0.2, -0.15) is 0 Å². The van der Waals surface area contributed by atoms with Gasteiger partial charge in [0.25, 0.3) is 0 Å². The lowest BCUT2D eigenvalue weighted by molar-refractivity contribution is -0.119. The fourth-order valence-electron chi connectivity index (χ4n) is 3.10. The van der Waals surface area contributed by atoms with Crippen LogP contribution >= 0.6 is 0 Å². The summed E-state index contributed by atoms with van der Waals surface area (Å²) in [6.07, 6.45) is 4.32. The molecule has 0 saturated heterocycles. The lowest BCUT2D eigenvalue weighted by Gasteiger charge is -2.29. The van der Waals surface area contributed by atoms with Crippen molar-refractivity contribution in [3.05, 3.63) is 29.8 Å². The first-order valence-corrected chi connectivity index (χ1v) is 10.1. The molecule has 5 heteroatoms. The topological polar surface area (TPSA) is 63.2 Å². The van der Waals surface area contributed by atoms with Gasteiger partial charge in [-0.05, 0) is 42.4 Å². The van der Waals surface area contributed by atoms with Crippen LogP contribution < -0.4 is 5.32 Å². The highest BCUT2D eigenvalue weighted by atomic mass is 32.2. The summed E-state index contributed by atoms with van der Waals surface area (Å²) >= 11 is 0. The molecule has 0 unspecified atom stereocenters. The molecule has 1 aromatic carbocycles. The van der Waals surface area contributed by atoms with Crippen LogP contribution in [0.3, 0.4) is 0 Å². The second-order valence-corrected chi connectivity index (χ2v) is 8.91. The Bertz CT molecular complexity index is 635. The molecule has 0 aliphatic heterocycles. The Morgan fingerprint density at radius 3 is 2.35 bits per heavy atom. The van der Waals surface area contributed by atoms with Gasteiger partial charge in [0, 0.05) is 6.04 Å². The smallest absolute Gasteiger partial charge is 0.235 e. The van der Waals surface area contributed by atoms with E-state index >= 15 is 0 Å². The largest absolute Gasteiger partial charge is 0.352 e. The molecular formula is C18H27NO3S. The van der Waals surface area contributed by atoms with Gasteiger partial charge < -0.3 is 5.32 Å². The first-order chi connectivity index (χ1) is 10.8. The van der Waals surface area contributed by atoms with Crippen molar-refractivity contribution in [1.82, 2.24) is 5.32 Å². The van der Waals surface area contributed by atoms with Crippen LogP contribution in [0.2, 0.25) is 0 Å². The standard InChI is InChI=1S/C18H27NO3S/c1-13(2)15-8-10-16(11-9-15)23(21,22)12-18(20)19-17-7-5-4-6-14(17)3/h8-11,13-14,17H,4-7,12H2,1-3H3,(H,19,20)/t14-,17+/m0/s1. The Balaban J connectivity index is 2.01. The van der Waals surface area contributed by atoms with Crippen molar-refractivity contribution in [1.29, 1.82) is 0 Å². The molecule has 128 valence electrons. The van der Waals surface area contributed by atoms with Crippen molar-refractivity contribution in [3.8, 4) is 0 Å². The molecule has 0 bridgehead atoms. The zero-order valence-electron chi connectivity index (χ0n) is 14.2. The summed E-state index contributed by atoms with van der Waals surface area (Å²) in [4.78, 5) is 12.3. The van der Waals surface area contributed by atoms with E-state index in [-0.39, 0.29) is 10.9 Å². The van der Waals surface area contributed by atoms with E-state index < -0.39 is 21.5 Å². The van der Waals surface area contributed by atoms with Gasteiger partial charge >= 0.3 is 0 Å². The molecule has 23 heavy (non-hydrogen) atoms. The minimum atomic E-state index is -3.58. The predicted octanol–water partition coefficient (Wildman–Crippen LogP) is 3.28. The van der Waals surface area contributed by atoms with E-state index in [2.05, 4.69) is 26.1 Å². The molecule has 2 rings (SSSR count). The quantitative estimate of drug-likeness (QED) is 0.897. The van der Waals surface area contributed by atoms with Crippen LogP contribution in [0.5, 0.6) is 0 Å². The van der Waals surface area contributed by atoms with Crippen LogP contribution in [-0.2, 0) is 14.6 Å². The third-order valence-electron chi connectivity index (χ3n) is 4.68. The van der Waals surface area contributed by atoms with Gasteiger partial charge in [-0.15, -0.1) is 0 Å². The Morgan fingerprint density at radius 2 is 1.78 bits per heavy atom. The summed E-state index contributed by atoms with van der Waals surface area (Å²) in [5.74, 6) is -0.0997. The van der Waals surface area contributed by atoms with E-state index in [9.17, 15) is 13.2 Å². The van der Waals surface area contributed by atoms with Crippen molar-refractivity contribution in [2.75, 3.05) is 5.75 Å². The maximum atomic E-state index is 12.4. The van der Waals surface area contributed by atoms with E-state index in [1.807, 2.05) is 12.1 Å². The van der Waals surface area contributed by atoms with Gasteiger partial charge in [0.05, 0.1) is 4.90 Å². The maximum absolute atomic E-state index is 12.4. The van der Waals surface area contributed by atoms with Crippen molar-refractivity contribution in [2.24, 2.45) is 5.92 Å². The van der Waals surface area contributed by atoms with Gasteiger partial charge in [0.1, 0.15) is 5.75 Å². The molecule has 1 amide bonds. The number of hydrogen-bond acceptors (Lipinski definition) is 3. The monoisotopic (exact) mass is 337 g/mol. The summed E-state index contributed by atoms with van der Waals surface area (Å²) in [6, 6.07) is 6.94. The van der Waals surface area contributed by atoms with E-state index in [1.54, 1.807) is 12.1 Å². The van der Waals surface area contributed by atoms with Crippen LogP contribution in [0.25, 0.3) is 0 Å². The molecule has 0 radical (unpaired) electrons. The van der Waals surface area contributed by atoms with Crippen molar-refractivity contribution >= 4 is 15.7 Å². The molecular weight excluding hydrogens is 310 g/mol. The van der Waals surface area contributed by atoms with E-state index in [4.69, 9.17) is 0 Å². The third-order valence-corrected chi connectivity index (χ3v) is 6.32. The minimum absolute atomic E-state index is 0.106. The summed E-state index contributed by atoms with van der Waals surface area (Å²) in [7, 11) is -3.58. The summed E-state index contributed by atoms with van der Waals surface area (Å²) in [6.45, 7) is 6.23. The predicted molar refractivity (Wildman–Crippen MR) is 92.1 cm³/mol. The molecule has 1 fully saturated rings. The molecule has 1 aromatic rings. The second kappa shape index (κ2) is 7.47. The summed E-state index contributed by atoms with van der Waals surface area (Å²) in [5.41, 5.74) is 1.09. The van der Waals surface area contributed by atoms with Gasteiger partial charge in [0.15, 0.2) is 9.84 Å². The fraction of sp³-hybridized carbons (Fsp3) is 0.611. The van der Waals surface area contributed by atoms with Crippen molar-refractivity contribution in [3.63, 3.8) is 0 Å². The zero-order chi connectivity index (χ0) is 17.0. The maximum Gasteiger partial charge on any atom is 0.235 e. The molecule has 0 spiro atoms. The van der Waals surface area contributed by atoms with Crippen molar-refractivity contribution < 1.29 is 13.2 Å². The molecule has 1 aliphatic rings. The summed E-state index contributed by atoms with van der Waals surface area (Å²) < 4.78 is 24.8. The van der Waals surface area contributed by atoms with E-state index in [0.717, 1.165) is 24.8 Å². The molecule has 0 aromatic heterocycles. The number of hydrogen-bond donors (Lipinski definition) is 1. The second-order valence-electron chi connectivity index (χ2n) is 6.92. The average Bonchev–Trinajstić information content (AvgIpc) is 2.49. The number of carbonyl (C=O) groups excluding carboxylic acids is 1. The number of benzene rings is 1. The van der Waals surface area contributed by atoms with Gasteiger partial charge in [0.2, 0.25) is 5.91 Å². The molecule has 4 nitrogen and oxygen atoms in total. The van der Waals surface area contributed by atoms with Crippen LogP contribution in [0.15, 0.2) is 29.2 Å². The lowest BCUT2D eigenvalue weighted by atomic mass is 9.86. The van der Waals surface area contributed by atoms with Gasteiger partial charge in [-0.1, -0.05) is 45.7 Å².